The zero-order valence-electron chi connectivity index (χ0n) is 13.8. The molecule has 0 unspecified atom stereocenters. The Hall–Kier alpha value is -1.00. The molecule has 1 aromatic rings. The van der Waals surface area contributed by atoms with E-state index in [0.29, 0.717) is 18.8 Å². The first-order valence-electron chi connectivity index (χ1n) is 8.79. The third-order valence-corrected chi connectivity index (χ3v) is 5.37. The van der Waals surface area contributed by atoms with Gasteiger partial charge in [-0.3, -0.25) is 0 Å². The molecule has 1 aromatic carbocycles. The summed E-state index contributed by atoms with van der Waals surface area (Å²) in [6.45, 7) is 3.86. The van der Waals surface area contributed by atoms with E-state index in [1.165, 1.54) is 37.8 Å². The van der Waals surface area contributed by atoms with Crippen LogP contribution in [0.4, 0.5) is 8.78 Å². The van der Waals surface area contributed by atoms with Crippen molar-refractivity contribution in [3.8, 4) is 0 Å². The van der Waals surface area contributed by atoms with Crippen LogP contribution in [0.25, 0.3) is 0 Å². The van der Waals surface area contributed by atoms with Crippen molar-refractivity contribution in [3.05, 3.63) is 35.4 Å². The summed E-state index contributed by atoms with van der Waals surface area (Å²) in [6.07, 6.45) is 6.31. The molecule has 0 bridgehead atoms. The van der Waals surface area contributed by atoms with Gasteiger partial charge < -0.3 is 9.47 Å². The molecule has 2 aliphatic rings. The summed E-state index contributed by atoms with van der Waals surface area (Å²) in [5, 5.41) is 0. The molecule has 3 rings (SSSR count). The van der Waals surface area contributed by atoms with E-state index in [-0.39, 0.29) is 6.29 Å². The van der Waals surface area contributed by atoms with Gasteiger partial charge in [-0.05, 0) is 48.8 Å². The minimum atomic E-state index is -0.802. The summed E-state index contributed by atoms with van der Waals surface area (Å²) >= 11 is 0. The number of aryl methyl sites for hydroxylation is 1. The second-order valence-electron chi connectivity index (χ2n) is 7.16. The lowest BCUT2D eigenvalue weighted by Crippen LogP contribution is -2.37. The fraction of sp³-hybridized carbons (Fsp3) is 0.684. The van der Waals surface area contributed by atoms with Gasteiger partial charge in [0, 0.05) is 12.3 Å². The average molecular weight is 324 g/mol. The van der Waals surface area contributed by atoms with Crippen molar-refractivity contribution in [2.24, 2.45) is 17.8 Å². The molecular formula is C19H26F2O2. The number of hydrogen-bond acceptors (Lipinski definition) is 2. The van der Waals surface area contributed by atoms with E-state index in [1.807, 2.05) is 0 Å². The molecule has 1 aliphatic heterocycles. The predicted octanol–water partition coefficient (Wildman–Crippen LogP) is 4.71. The Morgan fingerprint density at radius 1 is 0.957 bits per heavy atom. The molecule has 23 heavy (non-hydrogen) atoms. The Kier molecular flexibility index (Phi) is 5.65. The Bertz CT molecular complexity index is 504. The lowest BCUT2D eigenvalue weighted by Gasteiger charge is -2.37. The first kappa shape index (κ1) is 16.8. The van der Waals surface area contributed by atoms with Crippen LogP contribution in [0.1, 0.15) is 44.6 Å². The highest BCUT2D eigenvalue weighted by molar-refractivity contribution is 5.17. The van der Waals surface area contributed by atoms with Crippen molar-refractivity contribution < 1.29 is 18.3 Å². The number of rotatable bonds is 4. The Balaban J connectivity index is 1.41. The first-order valence-corrected chi connectivity index (χ1v) is 8.79. The summed E-state index contributed by atoms with van der Waals surface area (Å²) in [4.78, 5) is 0. The molecule has 0 radical (unpaired) electrons. The molecule has 1 saturated carbocycles. The number of hydrogen-bond donors (Lipinski definition) is 0. The zero-order chi connectivity index (χ0) is 16.2. The molecule has 0 atom stereocenters. The van der Waals surface area contributed by atoms with E-state index in [0.717, 1.165) is 30.6 Å². The molecule has 1 heterocycles. The minimum Gasteiger partial charge on any atom is -0.352 e. The van der Waals surface area contributed by atoms with Gasteiger partial charge in [0.25, 0.3) is 0 Å². The van der Waals surface area contributed by atoms with Crippen LogP contribution in [-0.2, 0) is 15.9 Å². The third-order valence-electron chi connectivity index (χ3n) is 5.37. The van der Waals surface area contributed by atoms with Gasteiger partial charge in [-0.25, -0.2) is 8.78 Å². The van der Waals surface area contributed by atoms with Gasteiger partial charge in [0.15, 0.2) is 17.9 Å². The quantitative estimate of drug-likeness (QED) is 0.798. The molecule has 0 N–H and O–H groups in total. The lowest BCUT2D eigenvalue weighted by atomic mass is 9.76. The fourth-order valence-corrected chi connectivity index (χ4v) is 3.73. The van der Waals surface area contributed by atoms with Crippen molar-refractivity contribution in [1.82, 2.24) is 0 Å². The van der Waals surface area contributed by atoms with Gasteiger partial charge in [-0.2, -0.15) is 0 Å². The largest absolute Gasteiger partial charge is 0.352 e. The second-order valence-corrected chi connectivity index (χ2v) is 7.16. The second kappa shape index (κ2) is 7.71. The van der Waals surface area contributed by atoms with Crippen molar-refractivity contribution in [2.75, 3.05) is 13.2 Å². The van der Waals surface area contributed by atoms with Crippen LogP contribution in [0.2, 0.25) is 0 Å². The number of ether oxygens (including phenoxy) is 2. The van der Waals surface area contributed by atoms with Crippen LogP contribution >= 0.6 is 0 Å². The van der Waals surface area contributed by atoms with Crippen molar-refractivity contribution in [1.29, 1.82) is 0 Å². The molecule has 4 heteroatoms. The molecule has 2 nitrogen and oxygen atoms in total. The van der Waals surface area contributed by atoms with Crippen molar-refractivity contribution in [3.63, 3.8) is 0 Å². The van der Waals surface area contributed by atoms with Gasteiger partial charge in [0.05, 0.1) is 13.2 Å². The number of benzene rings is 1. The highest BCUT2D eigenvalue weighted by Crippen LogP contribution is 2.35. The highest BCUT2D eigenvalue weighted by atomic mass is 19.2. The standard InChI is InChI=1S/C19H26F2O2/c1-13-2-6-15(7-3-13)16-11-22-19(23-12-16)9-5-14-4-8-17(20)18(21)10-14/h4,8,10,13,15-16,19H,2-3,5-7,9,11-12H2,1H3. The monoisotopic (exact) mass is 324 g/mol. The predicted molar refractivity (Wildman–Crippen MR) is 85.0 cm³/mol. The maximum absolute atomic E-state index is 13.2. The van der Waals surface area contributed by atoms with Crippen LogP contribution in [-0.4, -0.2) is 19.5 Å². The molecule has 1 saturated heterocycles. The van der Waals surface area contributed by atoms with Crippen molar-refractivity contribution in [2.45, 2.75) is 51.7 Å². The topological polar surface area (TPSA) is 18.5 Å². The maximum Gasteiger partial charge on any atom is 0.159 e. The molecule has 0 amide bonds. The maximum atomic E-state index is 13.2. The molecule has 0 aromatic heterocycles. The normalized spacial score (nSPS) is 32.0. The van der Waals surface area contributed by atoms with Gasteiger partial charge in [-0.1, -0.05) is 25.8 Å². The number of halogens is 2. The van der Waals surface area contributed by atoms with Crippen molar-refractivity contribution >= 4 is 0 Å². The highest BCUT2D eigenvalue weighted by Gasteiger charge is 2.30. The van der Waals surface area contributed by atoms with Crippen LogP contribution < -0.4 is 0 Å². The summed E-state index contributed by atoms with van der Waals surface area (Å²) in [5.41, 5.74) is 0.777. The smallest absolute Gasteiger partial charge is 0.159 e. The third kappa shape index (κ3) is 4.51. The Morgan fingerprint density at radius 2 is 1.65 bits per heavy atom. The van der Waals surface area contributed by atoms with Crippen LogP contribution in [0, 0.1) is 29.4 Å². The van der Waals surface area contributed by atoms with E-state index in [2.05, 4.69) is 6.92 Å². The minimum absolute atomic E-state index is 0.220. The van der Waals surface area contributed by atoms with Gasteiger partial charge in [-0.15, -0.1) is 0 Å². The zero-order valence-corrected chi connectivity index (χ0v) is 13.8. The summed E-state index contributed by atoms with van der Waals surface area (Å²) in [5.74, 6) is 0.518. The van der Waals surface area contributed by atoms with Crippen LogP contribution in [0.5, 0.6) is 0 Å². The summed E-state index contributed by atoms with van der Waals surface area (Å²) in [7, 11) is 0. The molecule has 0 spiro atoms. The molecule has 2 fully saturated rings. The summed E-state index contributed by atoms with van der Waals surface area (Å²) in [6, 6.07) is 4.05. The molecule has 128 valence electrons. The summed E-state index contributed by atoms with van der Waals surface area (Å²) < 4.78 is 37.8. The van der Waals surface area contributed by atoms with Gasteiger partial charge >= 0.3 is 0 Å². The fourth-order valence-electron chi connectivity index (χ4n) is 3.73. The molecular weight excluding hydrogens is 298 g/mol. The Morgan fingerprint density at radius 3 is 2.30 bits per heavy atom. The first-order chi connectivity index (χ1) is 11.1. The van der Waals surface area contributed by atoms with E-state index in [9.17, 15) is 8.78 Å². The Labute approximate surface area is 137 Å². The molecule has 1 aliphatic carbocycles. The van der Waals surface area contributed by atoms with Crippen LogP contribution in [0.3, 0.4) is 0 Å². The van der Waals surface area contributed by atoms with E-state index in [1.54, 1.807) is 6.07 Å². The van der Waals surface area contributed by atoms with Gasteiger partial charge in [0.1, 0.15) is 0 Å². The SMILES string of the molecule is CC1CCC(C2COC(CCc3ccc(F)c(F)c3)OC2)CC1. The average Bonchev–Trinajstić information content (AvgIpc) is 2.57. The van der Waals surface area contributed by atoms with E-state index < -0.39 is 11.6 Å². The van der Waals surface area contributed by atoms with E-state index >= 15 is 0 Å². The van der Waals surface area contributed by atoms with Crippen LogP contribution in [0.15, 0.2) is 18.2 Å². The van der Waals surface area contributed by atoms with Gasteiger partial charge in [0.2, 0.25) is 0 Å². The lowest BCUT2D eigenvalue weighted by molar-refractivity contribution is -0.212. The van der Waals surface area contributed by atoms with E-state index in [4.69, 9.17) is 9.47 Å².